The highest BCUT2D eigenvalue weighted by Gasteiger charge is 2.40. The van der Waals surface area contributed by atoms with Crippen molar-refractivity contribution in [3.63, 3.8) is 0 Å². The molecule has 0 unspecified atom stereocenters. The zero-order valence-electron chi connectivity index (χ0n) is 25.9. The molecule has 0 fully saturated rings. The van der Waals surface area contributed by atoms with E-state index in [1.54, 1.807) is 63.2 Å². The fraction of sp³-hybridized carbons (Fsp3) is 0.212. The van der Waals surface area contributed by atoms with Gasteiger partial charge in [0.25, 0.3) is 28.2 Å². The zero-order valence-corrected chi connectivity index (χ0v) is 29.6. The first-order valence-corrected chi connectivity index (χ1v) is 16.2. The van der Waals surface area contributed by atoms with E-state index < -0.39 is 39.9 Å². The number of carbonyl (C=O) groups excluding carboxylic acids is 6. The van der Waals surface area contributed by atoms with Gasteiger partial charge in [-0.1, -0.05) is 24.3 Å². The lowest BCUT2D eigenvalue weighted by Crippen LogP contribution is -2.45. The Hall–Kier alpha value is -4.47. The molecule has 48 heavy (non-hydrogen) atoms. The van der Waals surface area contributed by atoms with Crippen LogP contribution in [0.4, 0.5) is 10.7 Å². The number of imide groups is 2. The highest BCUT2D eigenvalue weighted by molar-refractivity contribution is 14.1. The first kappa shape index (κ1) is 34.9. The molecule has 6 rings (SSSR count). The molecule has 0 saturated heterocycles. The van der Waals surface area contributed by atoms with Crippen molar-refractivity contribution in [3.8, 4) is 11.4 Å². The van der Waals surface area contributed by atoms with Gasteiger partial charge < -0.3 is 9.30 Å². The molecule has 0 atom stereocenters. The second-order valence-corrected chi connectivity index (χ2v) is 13.3. The maximum Gasteiger partial charge on any atom is 0.417 e. The predicted octanol–water partition coefficient (Wildman–Crippen LogP) is 6.27. The maximum absolute atomic E-state index is 13.3. The second-order valence-electron chi connectivity index (χ2n) is 11.6. The lowest BCUT2D eigenvalue weighted by atomic mass is 10.1. The Morgan fingerprint density at radius 2 is 1.40 bits per heavy atom. The molecule has 0 spiro atoms. The number of amides is 4. The predicted molar refractivity (Wildman–Crippen MR) is 185 cm³/mol. The minimum Gasteiger partial charge on any atom is -0.443 e. The molecule has 2 aromatic heterocycles. The fourth-order valence-corrected chi connectivity index (χ4v) is 6.73. The van der Waals surface area contributed by atoms with Crippen molar-refractivity contribution in [1.29, 1.82) is 0 Å². The van der Waals surface area contributed by atoms with Crippen LogP contribution in [0.2, 0.25) is 0 Å². The van der Waals surface area contributed by atoms with Crippen molar-refractivity contribution in [2.75, 3.05) is 11.4 Å². The monoisotopic (exact) mass is 801 g/mol. The van der Waals surface area contributed by atoms with Crippen molar-refractivity contribution in [2.45, 2.75) is 32.8 Å². The molecule has 4 aromatic rings. The van der Waals surface area contributed by atoms with Crippen LogP contribution in [-0.2, 0) is 18.2 Å². The van der Waals surface area contributed by atoms with E-state index >= 15 is 0 Å². The van der Waals surface area contributed by atoms with Gasteiger partial charge in [0.05, 0.1) is 31.6 Å². The first-order chi connectivity index (χ1) is 22.6. The van der Waals surface area contributed by atoms with Gasteiger partial charge in [-0.05, 0) is 96.9 Å². The normalized spacial score (nSPS) is 13.9. The van der Waals surface area contributed by atoms with Gasteiger partial charge in [0.2, 0.25) is 5.95 Å². The molecule has 2 aliphatic heterocycles. The van der Waals surface area contributed by atoms with E-state index in [0.717, 1.165) is 15.5 Å². The summed E-state index contributed by atoms with van der Waals surface area (Å²) in [6.07, 6.45) is 1.23. The Morgan fingerprint density at radius 1 is 0.854 bits per heavy atom. The van der Waals surface area contributed by atoms with Crippen LogP contribution in [0.25, 0.3) is 11.4 Å². The van der Waals surface area contributed by atoms with Crippen LogP contribution in [-0.4, -0.2) is 65.9 Å². The summed E-state index contributed by atoms with van der Waals surface area (Å²) in [7, 11) is 1.82. The lowest BCUT2D eigenvalue weighted by molar-refractivity contribution is 0.0231. The van der Waals surface area contributed by atoms with Crippen molar-refractivity contribution in [3.05, 3.63) is 97.9 Å². The number of halogens is 3. The van der Waals surface area contributed by atoms with E-state index in [0.29, 0.717) is 38.1 Å². The highest BCUT2D eigenvalue weighted by Crippen LogP contribution is 2.36. The van der Waals surface area contributed by atoms with Crippen LogP contribution >= 0.6 is 45.8 Å². The fourth-order valence-electron chi connectivity index (χ4n) is 5.22. The number of rotatable bonds is 4. The van der Waals surface area contributed by atoms with Crippen LogP contribution in [0.5, 0.6) is 0 Å². The molecule has 12 nitrogen and oxygen atoms in total. The van der Waals surface area contributed by atoms with Gasteiger partial charge in [-0.3, -0.25) is 24.0 Å². The molecule has 4 heterocycles. The Morgan fingerprint density at radius 3 is 1.92 bits per heavy atom. The summed E-state index contributed by atoms with van der Waals surface area (Å²) in [4.78, 5) is 84.0. The number of ether oxygens (including phenoxy) is 1. The van der Waals surface area contributed by atoms with Crippen LogP contribution in [0, 0.1) is 3.57 Å². The van der Waals surface area contributed by atoms with Crippen LogP contribution in [0.3, 0.4) is 0 Å². The summed E-state index contributed by atoms with van der Waals surface area (Å²) in [5.41, 5.74) is 2.38. The molecule has 2 aromatic carbocycles. The summed E-state index contributed by atoms with van der Waals surface area (Å²) in [5.74, 6) is -1.46. The van der Waals surface area contributed by atoms with Crippen molar-refractivity contribution in [2.24, 2.45) is 7.05 Å². The molecule has 2 aliphatic rings. The van der Waals surface area contributed by atoms with E-state index in [2.05, 4.69) is 32.6 Å². The number of anilines is 1. The average molecular weight is 802 g/mol. The molecule has 246 valence electrons. The standard InChI is InChI=1S/C25H22IN5O5.C8H4Cl2O2/c1-25(2,3)36-24(35)30-12-10-16-17(22(30)34)18(26)19(29(16)4)15-9-11-27-23(28-15)31-20(32)13-7-5-6-8-14(13)21(31)33;9-7(11)5-3-1-2-4-6(5)8(10)12/h5-9,11H,10,12H2,1-4H3;1-4H. The van der Waals surface area contributed by atoms with Crippen molar-refractivity contribution < 1.29 is 33.5 Å². The van der Waals surface area contributed by atoms with E-state index in [4.69, 9.17) is 27.9 Å². The van der Waals surface area contributed by atoms with E-state index in [-0.39, 0.29) is 23.6 Å². The molecule has 0 bridgehead atoms. The number of carbonyl (C=O) groups is 6. The molecule has 15 heteroatoms. The largest absolute Gasteiger partial charge is 0.443 e. The quantitative estimate of drug-likeness (QED) is 0.132. The van der Waals surface area contributed by atoms with Crippen LogP contribution in [0.15, 0.2) is 60.8 Å². The third-order valence-corrected chi connectivity index (χ3v) is 8.79. The lowest BCUT2D eigenvalue weighted by Gasteiger charge is -2.29. The molecule has 0 radical (unpaired) electrons. The maximum atomic E-state index is 13.3. The number of aromatic nitrogens is 3. The smallest absolute Gasteiger partial charge is 0.417 e. The highest BCUT2D eigenvalue weighted by atomic mass is 127. The van der Waals surface area contributed by atoms with Crippen molar-refractivity contribution >= 4 is 86.0 Å². The third-order valence-electron chi connectivity index (χ3n) is 7.33. The van der Waals surface area contributed by atoms with E-state index in [9.17, 15) is 28.8 Å². The number of hydrogen-bond donors (Lipinski definition) is 0. The Balaban J connectivity index is 0.000000318. The topological polar surface area (TPSA) is 149 Å². The summed E-state index contributed by atoms with van der Waals surface area (Å²) < 4.78 is 7.87. The van der Waals surface area contributed by atoms with Crippen molar-refractivity contribution in [1.82, 2.24) is 19.4 Å². The SMILES string of the molecule is Cn1c2c(c(I)c1-c1ccnc(N3C(=O)c4ccccc4C3=O)n1)C(=O)N(C(=O)OC(C)(C)C)CC2.O=C(Cl)c1ccccc1C(=O)Cl. The van der Waals surface area contributed by atoms with E-state index in [1.165, 1.54) is 18.3 Å². The molecular weight excluding hydrogens is 776 g/mol. The number of nitrogens with zero attached hydrogens (tertiary/aromatic N) is 5. The number of fused-ring (bicyclic) bond motifs is 2. The number of benzene rings is 2. The van der Waals surface area contributed by atoms with Gasteiger partial charge >= 0.3 is 6.09 Å². The average Bonchev–Trinajstić information content (AvgIpc) is 3.45. The summed E-state index contributed by atoms with van der Waals surface area (Å²) in [5, 5.41) is -1.36. The zero-order chi connectivity index (χ0) is 35.1. The molecule has 0 aliphatic carbocycles. The minimum absolute atomic E-state index is 0.0459. The van der Waals surface area contributed by atoms with Gasteiger partial charge in [-0.15, -0.1) is 0 Å². The van der Waals surface area contributed by atoms with Gasteiger partial charge in [0.1, 0.15) is 5.60 Å². The Kier molecular flexibility index (Phi) is 9.85. The molecule has 4 amide bonds. The molecule has 0 saturated carbocycles. The van der Waals surface area contributed by atoms with Crippen LogP contribution < -0.4 is 4.90 Å². The Labute approximate surface area is 298 Å². The van der Waals surface area contributed by atoms with Gasteiger partial charge in [0, 0.05) is 43.0 Å². The Bertz CT molecular complexity index is 1970. The minimum atomic E-state index is -0.728. The third kappa shape index (κ3) is 6.62. The van der Waals surface area contributed by atoms with Gasteiger partial charge in [0.15, 0.2) is 0 Å². The number of hydrogen-bond acceptors (Lipinski definition) is 9. The summed E-state index contributed by atoms with van der Waals surface area (Å²) in [6, 6.07) is 14.3. The molecular formula is C33H26Cl2IN5O7. The van der Waals surface area contributed by atoms with E-state index in [1.807, 2.05) is 11.6 Å². The second kappa shape index (κ2) is 13.6. The van der Waals surface area contributed by atoms with Gasteiger partial charge in [-0.25, -0.2) is 24.6 Å². The summed E-state index contributed by atoms with van der Waals surface area (Å²) in [6.45, 7) is 5.43. The summed E-state index contributed by atoms with van der Waals surface area (Å²) >= 11 is 12.5. The first-order valence-electron chi connectivity index (χ1n) is 14.3. The molecule has 0 N–H and O–H groups in total. The van der Waals surface area contributed by atoms with Crippen LogP contribution in [0.1, 0.15) is 78.3 Å². The van der Waals surface area contributed by atoms with Gasteiger partial charge in [-0.2, -0.15) is 0 Å².